The van der Waals surface area contributed by atoms with Crippen LogP contribution in [-0.2, 0) is 0 Å². The largest absolute Gasteiger partial charge is 0.470 e. The van der Waals surface area contributed by atoms with Crippen molar-refractivity contribution < 1.29 is 0 Å². The number of nitrogens with one attached hydrogen (secondary N) is 1. The lowest BCUT2D eigenvalue weighted by Gasteiger charge is -2.42. The predicted octanol–water partition coefficient (Wildman–Crippen LogP) is 9.22. The third-order valence-corrected chi connectivity index (χ3v) is 14.4. The van der Waals surface area contributed by atoms with Crippen molar-refractivity contribution in [3.05, 3.63) is 162 Å². The van der Waals surface area contributed by atoms with Crippen molar-refractivity contribution in [2.45, 2.75) is 79.1 Å². The van der Waals surface area contributed by atoms with Gasteiger partial charge in [0.1, 0.15) is 0 Å². The minimum atomic E-state index is -2.89. The van der Waals surface area contributed by atoms with Crippen LogP contribution in [0.3, 0.4) is 0 Å². The Morgan fingerprint density at radius 1 is 0.408 bits per heavy atom. The van der Waals surface area contributed by atoms with E-state index in [0.29, 0.717) is 23.7 Å². The molecule has 0 spiro atoms. The SMILES string of the molecule is CC(C)c1cccc(C(C)C)c1N1C=CN(c2c(C(C)C)cccc2C(C)C)B1N[Si](c1ccccc1)(c1ccccc1)c1ccccc1. The van der Waals surface area contributed by atoms with Crippen LogP contribution in [0.25, 0.3) is 0 Å². The minimum Gasteiger partial charge on any atom is -0.356 e. The van der Waals surface area contributed by atoms with Crippen LogP contribution in [0.5, 0.6) is 0 Å². The van der Waals surface area contributed by atoms with Gasteiger partial charge >= 0.3 is 7.12 Å². The van der Waals surface area contributed by atoms with Crippen LogP contribution >= 0.6 is 0 Å². The summed E-state index contributed by atoms with van der Waals surface area (Å²) in [6.45, 7) is 18.6. The van der Waals surface area contributed by atoms with Crippen molar-refractivity contribution in [2.24, 2.45) is 0 Å². The van der Waals surface area contributed by atoms with E-state index in [9.17, 15) is 0 Å². The van der Waals surface area contributed by atoms with Crippen molar-refractivity contribution in [2.75, 3.05) is 9.62 Å². The summed E-state index contributed by atoms with van der Waals surface area (Å²) >= 11 is 0. The van der Waals surface area contributed by atoms with Gasteiger partial charge in [0.15, 0.2) is 0 Å². The Balaban J connectivity index is 1.69. The van der Waals surface area contributed by atoms with E-state index >= 15 is 0 Å². The molecule has 49 heavy (non-hydrogen) atoms. The van der Waals surface area contributed by atoms with Gasteiger partial charge in [0.05, 0.1) is 0 Å². The summed E-state index contributed by atoms with van der Waals surface area (Å²) in [4.78, 5) is 9.68. The van der Waals surface area contributed by atoms with E-state index in [4.69, 9.17) is 0 Å². The van der Waals surface area contributed by atoms with E-state index in [2.05, 4.69) is 210 Å². The molecule has 0 radical (unpaired) electrons. The van der Waals surface area contributed by atoms with Gasteiger partial charge in [-0.25, -0.2) is 0 Å². The van der Waals surface area contributed by atoms with Crippen LogP contribution in [-0.4, -0.2) is 15.4 Å². The van der Waals surface area contributed by atoms with Crippen molar-refractivity contribution in [1.29, 1.82) is 0 Å². The molecule has 0 aromatic heterocycles. The second-order valence-corrected chi connectivity index (χ2v) is 18.2. The molecule has 0 saturated carbocycles. The highest BCUT2D eigenvalue weighted by Gasteiger charge is 2.49. The van der Waals surface area contributed by atoms with Crippen molar-refractivity contribution in [3.63, 3.8) is 0 Å². The lowest BCUT2D eigenvalue weighted by atomic mass is 9.82. The standard InChI is InChI=1S/C44H52BN3Si/c1-32(2)39-26-18-27-40(33(3)4)43(39)47-30-31-48(44-41(34(5)6)28-19-29-42(44)35(7)8)45(47)46-49(36-20-12-9-13-21-36,37-22-14-10-15-23-37)38-24-16-11-17-25-38/h9-35,46H,1-8H3. The van der Waals surface area contributed by atoms with E-state index in [1.165, 1.54) is 49.2 Å². The second kappa shape index (κ2) is 14.7. The highest BCUT2D eigenvalue weighted by Crippen LogP contribution is 2.42. The van der Waals surface area contributed by atoms with Gasteiger partial charge in [-0.1, -0.05) is 183 Å². The Hall–Kier alpha value is -4.32. The first-order valence-electron chi connectivity index (χ1n) is 18.1. The Labute approximate surface area is 296 Å². The summed E-state index contributed by atoms with van der Waals surface area (Å²) in [5.41, 5.74) is 8.12. The number of anilines is 2. The van der Waals surface area contributed by atoms with Gasteiger partial charge in [0.2, 0.25) is 8.24 Å². The second-order valence-electron chi connectivity index (χ2n) is 14.7. The van der Waals surface area contributed by atoms with Gasteiger partial charge < -0.3 is 14.5 Å². The molecule has 3 nitrogen and oxygen atoms in total. The fourth-order valence-corrected chi connectivity index (χ4v) is 11.8. The van der Waals surface area contributed by atoms with Gasteiger partial charge in [-0.15, -0.1) is 0 Å². The van der Waals surface area contributed by atoms with Crippen LogP contribution in [0.15, 0.2) is 140 Å². The molecule has 0 amide bonds. The van der Waals surface area contributed by atoms with Gasteiger partial charge in [-0.05, 0) is 61.5 Å². The Bertz CT molecular complexity index is 1650. The number of nitrogens with zero attached hydrogens (tertiary/aromatic N) is 2. The average molecular weight is 662 g/mol. The molecule has 0 bridgehead atoms. The number of hydrogen-bond acceptors (Lipinski definition) is 3. The minimum absolute atomic E-state index is 0.193. The lowest BCUT2D eigenvalue weighted by molar-refractivity contribution is 0.830. The molecule has 1 heterocycles. The molecule has 0 unspecified atom stereocenters. The highest BCUT2D eigenvalue weighted by atomic mass is 28.3. The quantitative estimate of drug-likeness (QED) is 0.113. The summed E-state index contributed by atoms with van der Waals surface area (Å²) in [6.07, 6.45) is 4.68. The first kappa shape index (κ1) is 34.5. The molecule has 1 N–H and O–H groups in total. The zero-order valence-electron chi connectivity index (χ0n) is 30.6. The first-order chi connectivity index (χ1) is 23.6. The number of benzene rings is 5. The molecule has 0 atom stereocenters. The molecule has 5 aromatic carbocycles. The molecule has 5 heteroatoms. The zero-order chi connectivity index (χ0) is 34.7. The number of para-hydroxylation sites is 2. The van der Waals surface area contributed by atoms with Crippen molar-refractivity contribution >= 4 is 42.3 Å². The predicted molar refractivity (Wildman–Crippen MR) is 216 cm³/mol. The Morgan fingerprint density at radius 3 is 0.959 bits per heavy atom. The lowest BCUT2D eigenvalue weighted by Crippen LogP contribution is -2.82. The van der Waals surface area contributed by atoms with Crippen LogP contribution in [0, 0.1) is 0 Å². The zero-order valence-corrected chi connectivity index (χ0v) is 31.6. The van der Waals surface area contributed by atoms with Crippen LogP contribution < -0.4 is 30.1 Å². The molecule has 1 aliphatic rings. The van der Waals surface area contributed by atoms with E-state index < -0.39 is 8.24 Å². The monoisotopic (exact) mass is 661 g/mol. The molecule has 0 fully saturated rings. The molecule has 0 saturated heterocycles. The summed E-state index contributed by atoms with van der Waals surface area (Å²) in [5, 5.41) is 4.00. The fraction of sp³-hybridized carbons (Fsp3) is 0.273. The average Bonchev–Trinajstić information content (AvgIpc) is 3.53. The first-order valence-corrected chi connectivity index (χ1v) is 20.1. The van der Waals surface area contributed by atoms with E-state index in [0.717, 1.165) is 0 Å². The van der Waals surface area contributed by atoms with Crippen molar-refractivity contribution in [1.82, 2.24) is 4.89 Å². The Kier molecular flexibility index (Phi) is 10.3. The number of hydrogen-bond donors (Lipinski definition) is 1. The fourth-order valence-electron chi connectivity index (χ4n) is 7.60. The summed E-state index contributed by atoms with van der Waals surface area (Å²) in [5.74, 6) is 1.46. The Morgan fingerprint density at radius 2 is 0.694 bits per heavy atom. The highest BCUT2D eigenvalue weighted by molar-refractivity contribution is 7.13. The summed E-state index contributed by atoms with van der Waals surface area (Å²) < 4.78 is 0. The topological polar surface area (TPSA) is 18.5 Å². The molecule has 6 rings (SSSR count). The molecule has 250 valence electrons. The van der Waals surface area contributed by atoms with Crippen LogP contribution in [0.1, 0.15) is 101 Å². The van der Waals surface area contributed by atoms with Crippen LogP contribution in [0.2, 0.25) is 0 Å². The third kappa shape index (κ3) is 6.54. The molecule has 0 aliphatic carbocycles. The van der Waals surface area contributed by atoms with Crippen LogP contribution in [0.4, 0.5) is 11.4 Å². The maximum Gasteiger partial charge on any atom is 0.470 e. The van der Waals surface area contributed by atoms with E-state index in [-0.39, 0.29) is 7.12 Å². The summed E-state index contributed by atoms with van der Waals surface area (Å²) in [7, 11) is -3.08. The van der Waals surface area contributed by atoms with Gasteiger partial charge in [0, 0.05) is 23.8 Å². The van der Waals surface area contributed by atoms with Gasteiger partial charge in [-0.3, -0.25) is 0 Å². The summed E-state index contributed by atoms with van der Waals surface area (Å²) in [6, 6.07) is 47.4. The molecule has 1 aliphatic heterocycles. The number of rotatable bonds is 11. The van der Waals surface area contributed by atoms with Crippen molar-refractivity contribution in [3.8, 4) is 0 Å². The maximum absolute atomic E-state index is 4.57. The smallest absolute Gasteiger partial charge is 0.356 e. The van der Waals surface area contributed by atoms with Gasteiger partial charge in [-0.2, -0.15) is 0 Å². The van der Waals surface area contributed by atoms with E-state index in [1.54, 1.807) is 0 Å². The van der Waals surface area contributed by atoms with Gasteiger partial charge in [0.25, 0.3) is 0 Å². The molecule has 5 aromatic rings. The normalized spacial score (nSPS) is 13.5. The molecular formula is C44H52BN3Si. The molecular weight excluding hydrogens is 609 g/mol. The third-order valence-electron chi connectivity index (χ3n) is 10.1. The maximum atomic E-state index is 4.57. The van der Waals surface area contributed by atoms with E-state index in [1.807, 2.05) is 0 Å².